The van der Waals surface area contributed by atoms with Crippen molar-refractivity contribution in [2.45, 2.75) is 11.1 Å². The van der Waals surface area contributed by atoms with Gasteiger partial charge in [-0.25, -0.2) is 13.1 Å². The van der Waals surface area contributed by atoms with E-state index in [0.717, 1.165) is 23.2 Å². The van der Waals surface area contributed by atoms with E-state index in [2.05, 4.69) is 5.10 Å². The highest BCUT2D eigenvalue weighted by Gasteiger charge is 2.33. The van der Waals surface area contributed by atoms with Crippen molar-refractivity contribution in [2.24, 2.45) is 0 Å². The average Bonchev–Trinajstić information content (AvgIpc) is 2.76. The van der Waals surface area contributed by atoms with Gasteiger partial charge in [-0.1, -0.05) is 0 Å². The van der Waals surface area contributed by atoms with Crippen LogP contribution in [0, 0.1) is 0 Å². The summed E-state index contributed by atoms with van der Waals surface area (Å²) in [7, 11) is -3.43. The first kappa shape index (κ1) is 14.4. The SMILES string of the molecule is CS(=O)(=O)c1ccc(-n2ccc(C(F)(F)F)n2)c(N)c1. The van der Waals surface area contributed by atoms with Crippen LogP contribution in [0.3, 0.4) is 0 Å². The Balaban J connectivity index is 2.47. The predicted octanol–water partition coefficient (Wildman–Crippen LogP) is 1.88. The topological polar surface area (TPSA) is 78.0 Å². The number of nitrogens with zero attached hydrogens (tertiary/aromatic N) is 2. The van der Waals surface area contributed by atoms with Gasteiger partial charge in [0.05, 0.1) is 16.3 Å². The molecular weight excluding hydrogens is 295 g/mol. The lowest BCUT2D eigenvalue weighted by Gasteiger charge is -2.08. The van der Waals surface area contributed by atoms with Crippen molar-refractivity contribution < 1.29 is 21.6 Å². The van der Waals surface area contributed by atoms with E-state index >= 15 is 0 Å². The summed E-state index contributed by atoms with van der Waals surface area (Å²) in [6, 6.07) is 4.55. The molecule has 0 saturated carbocycles. The maximum atomic E-state index is 12.5. The number of alkyl halides is 3. The van der Waals surface area contributed by atoms with Crippen LogP contribution in [-0.2, 0) is 16.0 Å². The van der Waals surface area contributed by atoms with Crippen LogP contribution < -0.4 is 5.73 Å². The van der Waals surface area contributed by atoms with E-state index < -0.39 is 21.7 Å². The Morgan fingerprint density at radius 1 is 1.25 bits per heavy atom. The number of sulfone groups is 1. The molecule has 0 aliphatic rings. The first-order valence-corrected chi connectivity index (χ1v) is 7.21. The molecule has 0 fully saturated rings. The summed E-state index contributed by atoms with van der Waals surface area (Å²) < 4.78 is 61.0. The molecular formula is C11H10F3N3O2S. The maximum Gasteiger partial charge on any atom is 0.435 e. The van der Waals surface area contributed by atoms with Crippen LogP contribution in [0.15, 0.2) is 35.4 Å². The smallest absolute Gasteiger partial charge is 0.397 e. The van der Waals surface area contributed by atoms with Crippen molar-refractivity contribution in [3.63, 3.8) is 0 Å². The standard InChI is InChI=1S/C11H10F3N3O2S/c1-20(18,19)7-2-3-9(8(15)6-7)17-5-4-10(16-17)11(12,13)14/h2-6H,15H2,1H3. The molecule has 0 bridgehead atoms. The van der Waals surface area contributed by atoms with Gasteiger partial charge >= 0.3 is 6.18 Å². The number of rotatable bonds is 2. The molecule has 0 saturated heterocycles. The van der Waals surface area contributed by atoms with E-state index in [9.17, 15) is 21.6 Å². The van der Waals surface area contributed by atoms with Crippen LogP contribution in [0.2, 0.25) is 0 Å². The van der Waals surface area contributed by atoms with Crippen LogP contribution in [0.4, 0.5) is 18.9 Å². The minimum absolute atomic E-state index is 0.0121. The number of hydrogen-bond donors (Lipinski definition) is 1. The average molecular weight is 305 g/mol. The predicted molar refractivity (Wildman–Crippen MR) is 66.1 cm³/mol. The molecule has 0 amide bonds. The number of halogens is 3. The zero-order valence-corrected chi connectivity index (χ0v) is 11.0. The fourth-order valence-corrected chi connectivity index (χ4v) is 2.24. The van der Waals surface area contributed by atoms with Crippen molar-refractivity contribution in [3.05, 3.63) is 36.2 Å². The first-order valence-electron chi connectivity index (χ1n) is 5.32. The Hall–Kier alpha value is -2.03. The highest BCUT2D eigenvalue weighted by atomic mass is 32.2. The van der Waals surface area contributed by atoms with Gasteiger partial charge in [-0.2, -0.15) is 18.3 Å². The zero-order chi connectivity index (χ0) is 15.1. The van der Waals surface area contributed by atoms with E-state index in [-0.39, 0.29) is 16.3 Å². The Bertz CT molecular complexity index is 751. The van der Waals surface area contributed by atoms with Crippen molar-refractivity contribution in [1.29, 1.82) is 0 Å². The maximum absolute atomic E-state index is 12.5. The lowest BCUT2D eigenvalue weighted by atomic mass is 10.3. The Labute approximate surface area is 112 Å². The number of anilines is 1. The number of hydrogen-bond acceptors (Lipinski definition) is 4. The van der Waals surface area contributed by atoms with Crippen molar-refractivity contribution in [3.8, 4) is 5.69 Å². The third-order valence-corrected chi connectivity index (χ3v) is 3.66. The summed E-state index contributed by atoms with van der Waals surface area (Å²) in [5.74, 6) is 0. The molecule has 2 rings (SSSR count). The fourth-order valence-electron chi connectivity index (χ4n) is 1.58. The van der Waals surface area contributed by atoms with Gasteiger partial charge in [0, 0.05) is 12.5 Å². The molecule has 5 nitrogen and oxygen atoms in total. The van der Waals surface area contributed by atoms with Gasteiger partial charge < -0.3 is 5.73 Å². The van der Waals surface area contributed by atoms with E-state index in [1.807, 2.05) is 0 Å². The summed E-state index contributed by atoms with van der Waals surface area (Å²) in [6.45, 7) is 0. The molecule has 1 heterocycles. The molecule has 9 heteroatoms. The van der Waals surface area contributed by atoms with Gasteiger partial charge in [0.2, 0.25) is 0 Å². The second kappa shape index (κ2) is 4.51. The highest BCUT2D eigenvalue weighted by Crippen LogP contribution is 2.29. The van der Waals surface area contributed by atoms with E-state index in [0.29, 0.717) is 0 Å². The minimum atomic E-state index is -4.55. The number of benzene rings is 1. The largest absolute Gasteiger partial charge is 0.435 e. The molecule has 2 aromatic rings. The van der Waals surface area contributed by atoms with Crippen LogP contribution >= 0.6 is 0 Å². The molecule has 0 atom stereocenters. The second-order valence-electron chi connectivity index (χ2n) is 4.14. The molecule has 0 aliphatic carbocycles. The monoisotopic (exact) mass is 305 g/mol. The van der Waals surface area contributed by atoms with Gasteiger partial charge in [-0.15, -0.1) is 0 Å². The van der Waals surface area contributed by atoms with E-state index in [1.165, 1.54) is 18.2 Å². The molecule has 2 N–H and O–H groups in total. The van der Waals surface area contributed by atoms with Crippen LogP contribution in [-0.4, -0.2) is 24.5 Å². The quantitative estimate of drug-likeness (QED) is 0.859. The number of nitrogens with two attached hydrogens (primary N) is 1. The third-order valence-electron chi connectivity index (χ3n) is 2.55. The van der Waals surface area contributed by atoms with Crippen LogP contribution in [0.5, 0.6) is 0 Å². The molecule has 0 aliphatic heterocycles. The van der Waals surface area contributed by atoms with Crippen molar-refractivity contribution in [2.75, 3.05) is 12.0 Å². The lowest BCUT2D eigenvalue weighted by Crippen LogP contribution is -2.08. The number of aromatic nitrogens is 2. The van der Waals surface area contributed by atoms with Gasteiger partial charge in [-0.05, 0) is 24.3 Å². The molecule has 108 valence electrons. The zero-order valence-electron chi connectivity index (χ0n) is 10.2. The molecule has 0 radical (unpaired) electrons. The third kappa shape index (κ3) is 2.77. The van der Waals surface area contributed by atoms with Crippen molar-refractivity contribution in [1.82, 2.24) is 9.78 Å². The van der Waals surface area contributed by atoms with Gasteiger partial charge in [0.1, 0.15) is 0 Å². The first-order chi connectivity index (χ1) is 9.09. The summed E-state index contributed by atoms with van der Waals surface area (Å²) in [4.78, 5) is -0.0121. The second-order valence-corrected chi connectivity index (χ2v) is 6.15. The van der Waals surface area contributed by atoms with Gasteiger partial charge in [0.15, 0.2) is 15.5 Å². The van der Waals surface area contributed by atoms with Crippen LogP contribution in [0.25, 0.3) is 5.69 Å². The van der Waals surface area contributed by atoms with Gasteiger partial charge in [-0.3, -0.25) is 0 Å². The Kier molecular flexibility index (Phi) is 3.24. The van der Waals surface area contributed by atoms with Crippen molar-refractivity contribution >= 4 is 15.5 Å². The molecule has 0 spiro atoms. The Morgan fingerprint density at radius 3 is 2.35 bits per heavy atom. The fraction of sp³-hybridized carbons (Fsp3) is 0.182. The van der Waals surface area contributed by atoms with E-state index in [4.69, 9.17) is 5.73 Å². The number of nitrogen functional groups attached to an aromatic ring is 1. The molecule has 1 aromatic carbocycles. The summed E-state index contributed by atoms with van der Waals surface area (Å²) >= 11 is 0. The van der Waals surface area contributed by atoms with Crippen LogP contribution in [0.1, 0.15) is 5.69 Å². The Morgan fingerprint density at radius 2 is 1.90 bits per heavy atom. The summed E-state index contributed by atoms with van der Waals surface area (Å²) in [5, 5.41) is 3.37. The molecule has 20 heavy (non-hydrogen) atoms. The lowest BCUT2D eigenvalue weighted by molar-refractivity contribution is -0.141. The highest BCUT2D eigenvalue weighted by molar-refractivity contribution is 7.90. The minimum Gasteiger partial charge on any atom is -0.397 e. The summed E-state index contributed by atoms with van der Waals surface area (Å²) in [6.07, 6.45) is -2.43. The normalized spacial score (nSPS) is 12.6. The van der Waals surface area contributed by atoms with Gasteiger partial charge in [0.25, 0.3) is 0 Å². The summed E-state index contributed by atoms with van der Waals surface area (Å²) in [5.41, 5.74) is 4.80. The van der Waals surface area contributed by atoms with E-state index in [1.54, 1.807) is 0 Å². The molecule has 0 unspecified atom stereocenters. The molecule has 1 aromatic heterocycles.